The van der Waals surface area contributed by atoms with Crippen molar-refractivity contribution < 1.29 is 9.90 Å². The van der Waals surface area contributed by atoms with Crippen LogP contribution in [0.25, 0.3) is 0 Å². The normalized spacial score (nSPS) is 12.6. The van der Waals surface area contributed by atoms with Gasteiger partial charge in [0.2, 0.25) is 0 Å². The minimum atomic E-state index is -0.887. The van der Waals surface area contributed by atoms with Crippen molar-refractivity contribution in [1.29, 1.82) is 0 Å². The van der Waals surface area contributed by atoms with Crippen LogP contribution in [0.5, 0.6) is 0 Å². The van der Waals surface area contributed by atoms with Gasteiger partial charge >= 0.3 is 5.97 Å². The molecule has 2 nitrogen and oxygen atoms in total. The SMILES string of the molecule is C/C=C/C=C\C=C\CC/C=C/C(=O)O. The first-order valence-electron chi connectivity index (χ1n) is 4.61. The lowest BCUT2D eigenvalue weighted by atomic mass is 10.2. The molecule has 0 spiro atoms. The number of rotatable bonds is 6. The van der Waals surface area contributed by atoms with Crippen LogP contribution in [0.1, 0.15) is 19.8 Å². The molecule has 14 heavy (non-hydrogen) atoms. The molecule has 76 valence electrons. The molecule has 0 aromatic carbocycles. The first-order chi connectivity index (χ1) is 6.77. The van der Waals surface area contributed by atoms with E-state index in [2.05, 4.69) is 0 Å². The van der Waals surface area contributed by atoms with Crippen molar-refractivity contribution in [2.45, 2.75) is 19.8 Å². The molecule has 0 saturated carbocycles. The van der Waals surface area contributed by atoms with E-state index in [1.165, 1.54) is 6.08 Å². The number of allylic oxidation sites excluding steroid dienone is 7. The van der Waals surface area contributed by atoms with Crippen molar-refractivity contribution in [1.82, 2.24) is 0 Å². The maximum atomic E-state index is 10.1. The van der Waals surface area contributed by atoms with E-state index in [0.717, 1.165) is 12.8 Å². The summed E-state index contributed by atoms with van der Waals surface area (Å²) in [5.41, 5.74) is 0. The average Bonchev–Trinajstić information content (AvgIpc) is 2.15. The molecule has 2 heteroatoms. The molecule has 0 heterocycles. The molecule has 0 aliphatic rings. The van der Waals surface area contributed by atoms with E-state index in [1.54, 1.807) is 6.08 Å². The Labute approximate surface area is 85.0 Å². The van der Waals surface area contributed by atoms with Crippen molar-refractivity contribution >= 4 is 5.97 Å². The molecule has 0 radical (unpaired) electrons. The van der Waals surface area contributed by atoms with Crippen LogP contribution in [-0.4, -0.2) is 11.1 Å². The summed E-state index contributed by atoms with van der Waals surface area (Å²) in [6.07, 6.45) is 16.2. The smallest absolute Gasteiger partial charge is 0.327 e. The van der Waals surface area contributed by atoms with Gasteiger partial charge in [0.25, 0.3) is 0 Å². The summed E-state index contributed by atoms with van der Waals surface area (Å²) in [6, 6.07) is 0. The van der Waals surface area contributed by atoms with Crippen LogP contribution in [-0.2, 0) is 4.79 Å². The molecule has 0 bridgehead atoms. The molecular weight excluding hydrogens is 176 g/mol. The standard InChI is InChI=1S/C12H16O2/c1-2-3-4-5-6-7-8-9-10-11-12(13)14/h2-7,10-11H,8-9H2,1H3,(H,13,14)/b3-2+,5-4-,7-6+,11-10+. The highest BCUT2D eigenvalue weighted by molar-refractivity contribution is 5.79. The van der Waals surface area contributed by atoms with Crippen molar-refractivity contribution in [2.75, 3.05) is 0 Å². The number of carboxylic acid groups (broad SMARTS) is 1. The van der Waals surface area contributed by atoms with Crippen molar-refractivity contribution in [3.8, 4) is 0 Å². The van der Waals surface area contributed by atoms with Crippen LogP contribution in [0.15, 0.2) is 48.6 Å². The summed E-state index contributed by atoms with van der Waals surface area (Å²) >= 11 is 0. The van der Waals surface area contributed by atoms with Crippen molar-refractivity contribution in [3.63, 3.8) is 0 Å². The average molecular weight is 192 g/mol. The Morgan fingerprint density at radius 3 is 2.36 bits per heavy atom. The highest BCUT2D eigenvalue weighted by Gasteiger charge is 1.82. The first kappa shape index (κ1) is 12.4. The number of hydrogen-bond acceptors (Lipinski definition) is 1. The van der Waals surface area contributed by atoms with Crippen LogP contribution in [0.2, 0.25) is 0 Å². The van der Waals surface area contributed by atoms with Gasteiger partial charge in [0.05, 0.1) is 0 Å². The summed E-state index contributed by atoms with van der Waals surface area (Å²) in [6.45, 7) is 1.96. The second kappa shape index (κ2) is 9.52. The largest absolute Gasteiger partial charge is 0.478 e. The van der Waals surface area contributed by atoms with E-state index in [-0.39, 0.29) is 0 Å². The van der Waals surface area contributed by atoms with E-state index in [9.17, 15) is 4.79 Å². The molecule has 1 N–H and O–H groups in total. The van der Waals surface area contributed by atoms with Gasteiger partial charge in [0, 0.05) is 6.08 Å². The Balaban J connectivity index is 3.49. The maximum absolute atomic E-state index is 10.1. The summed E-state index contributed by atoms with van der Waals surface area (Å²) in [4.78, 5) is 10.1. The molecule has 0 saturated heterocycles. The molecule has 0 aliphatic carbocycles. The highest BCUT2D eigenvalue weighted by Crippen LogP contribution is 1.93. The third-order valence-electron chi connectivity index (χ3n) is 1.42. The van der Waals surface area contributed by atoms with E-state index >= 15 is 0 Å². The van der Waals surface area contributed by atoms with E-state index in [0.29, 0.717) is 0 Å². The fourth-order valence-corrected chi connectivity index (χ4v) is 0.791. The van der Waals surface area contributed by atoms with Gasteiger partial charge in [-0.15, -0.1) is 0 Å². The predicted octanol–water partition coefficient (Wildman–Crippen LogP) is 3.10. The number of carbonyl (C=O) groups is 1. The Hall–Kier alpha value is -1.57. The highest BCUT2D eigenvalue weighted by atomic mass is 16.4. The second-order valence-corrected chi connectivity index (χ2v) is 2.66. The molecule has 0 atom stereocenters. The zero-order valence-corrected chi connectivity index (χ0v) is 8.39. The van der Waals surface area contributed by atoms with Gasteiger partial charge in [-0.05, 0) is 19.8 Å². The number of carboxylic acids is 1. The zero-order valence-electron chi connectivity index (χ0n) is 8.39. The fraction of sp³-hybridized carbons (Fsp3) is 0.250. The summed E-state index contributed by atoms with van der Waals surface area (Å²) in [5, 5.41) is 8.29. The van der Waals surface area contributed by atoms with E-state index in [1.807, 2.05) is 43.4 Å². The molecule has 0 aliphatic heterocycles. The summed E-state index contributed by atoms with van der Waals surface area (Å²) < 4.78 is 0. The van der Waals surface area contributed by atoms with Crippen molar-refractivity contribution in [2.24, 2.45) is 0 Å². The van der Waals surface area contributed by atoms with E-state index in [4.69, 9.17) is 5.11 Å². The van der Waals surface area contributed by atoms with Crippen LogP contribution in [0.4, 0.5) is 0 Å². The lowest BCUT2D eigenvalue weighted by Gasteiger charge is -1.84. The summed E-state index contributed by atoms with van der Waals surface area (Å²) in [7, 11) is 0. The third kappa shape index (κ3) is 10.4. The monoisotopic (exact) mass is 192 g/mol. The molecule has 0 amide bonds. The minimum absolute atomic E-state index is 0.764. The Morgan fingerprint density at radius 1 is 1.07 bits per heavy atom. The van der Waals surface area contributed by atoms with Crippen LogP contribution in [0.3, 0.4) is 0 Å². The maximum Gasteiger partial charge on any atom is 0.327 e. The molecule has 0 aromatic rings. The Kier molecular flexibility index (Phi) is 8.45. The topological polar surface area (TPSA) is 37.3 Å². The Bertz CT molecular complexity index is 257. The molecule has 0 aromatic heterocycles. The molecular formula is C12H16O2. The van der Waals surface area contributed by atoms with Gasteiger partial charge < -0.3 is 5.11 Å². The molecule has 0 rings (SSSR count). The van der Waals surface area contributed by atoms with Gasteiger partial charge in [-0.1, -0.05) is 42.5 Å². The lowest BCUT2D eigenvalue weighted by Crippen LogP contribution is -1.84. The number of unbranched alkanes of at least 4 members (excludes halogenated alkanes) is 1. The Morgan fingerprint density at radius 2 is 1.71 bits per heavy atom. The second-order valence-electron chi connectivity index (χ2n) is 2.66. The van der Waals surface area contributed by atoms with Crippen LogP contribution < -0.4 is 0 Å². The van der Waals surface area contributed by atoms with Gasteiger partial charge in [-0.3, -0.25) is 0 Å². The van der Waals surface area contributed by atoms with Gasteiger partial charge in [0.1, 0.15) is 0 Å². The lowest BCUT2D eigenvalue weighted by molar-refractivity contribution is -0.131. The van der Waals surface area contributed by atoms with Crippen LogP contribution >= 0.6 is 0 Å². The zero-order chi connectivity index (χ0) is 10.6. The van der Waals surface area contributed by atoms with Gasteiger partial charge in [0.15, 0.2) is 0 Å². The third-order valence-corrected chi connectivity index (χ3v) is 1.42. The first-order valence-corrected chi connectivity index (χ1v) is 4.61. The van der Waals surface area contributed by atoms with Gasteiger partial charge in [-0.2, -0.15) is 0 Å². The summed E-state index contributed by atoms with van der Waals surface area (Å²) in [5.74, 6) is -0.887. The van der Waals surface area contributed by atoms with E-state index < -0.39 is 5.97 Å². The van der Waals surface area contributed by atoms with Gasteiger partial charge in [-0.25, -0.2) is 4.79 Å². The molecule has 0 unspecified atom stereocenters. The quantitative estimate of drug-likeness (QED) is 0.399. The van der Waals surface area contributed by atoms with Crippen molar-refractivity contribution in [3.05, 3.63) is 48.6 Å². The van der Waals surface area contributed by atoms with Crippen LogP contribution in [0, 0.1) is 0 Å². The molecule has 0 fully saturated rings. The minimum Gasteiger partial charge on any atom is -0.478 e. The number of aliphatic carboxylic acids is 1. The number of hydrogen-bond donors (Lipinski definition) is 1. The predicted molar refractivity (Wildman–Crippen MR) is 59.1 cm³/mol. The fourth-order valence-electron chi connectivity index (χ4n) is 0.791.